The van der Waals surface area contributed by atoms with Gasteiger partial charge < -0.3 is 15.5 Å². The third kappa shape index (κ3) is 3.93. The lowest BCUT2D eigenvalue weighted by molar-refractivity contribution is -0.137. The molecule has 0 saturated carbocycles. The molecule has 3 heterocycles. The number of amides is 5. The molecule has 0 aliphatic carbocycles. The maximum atomic E-state index is 12.7. The minimum atomic E-state index is -0.705. The highest BCUT2D eigenvalue weighted by atomic mass is 79.9. The molecule has 4 rings (SSSR count). The standard InChI is InChI=1S/C19H17BrN6O5/c1-8(27)21-16-14(20)15(24-25-16)18(30)22-10-2-3-11-9(6-10)7-26(19(11)31)12-4-5-13(28)23-17(12)29/h2-3,6,12H,4-5,7H2,1H3,(H,22,30)(H,23,28,29)(H2,21,24,25,27). The van der Waals surface area contributed by atoms with Crippen molar-refractivity contribution in [3.63, 3.8) is 0 Å². The van der Waals surface area contributed by atoms with E-state index >= 15 is 0 Å². The summed E-state index contributed by atoms with van der Waals surface area (Å²) in [4.78, 5) is 61.5. The molecule has 1 aromatic carbocycles. The van der Waals surface area contributed by atoms with Gasteiger partial charge >= 0.3 is 0 Å². The summed E-state index contributed by atoms with van der Waals surface area (Å²) >= 11 is 3.23. The fraction of sp³-hybridized carbons (Fsp3) is 0.263. The molecule has 2 aliphatic rings. The number of carbonyl (C=O) groups is 5. The summed E-state index contributed by atoms with van der Waals surface area (Å²) in [5.41, 5.74) is 1.67. The number of carbonyl (C=O) groups excluding carboxylic acids is 5. The zero-order chi connectivity index (χ0) is 22.3. The Morgan fingerprint density at radius 2 is 2.00 bits per heavy atom. The fourth-order valence-corrected chi connectivity index (χ4v) is 4.03. The van der Waals surface area contributed by atoms with Crippen LogP contribution in [0.1, 0.15) is 46.2 Å². The van der Waals surface area contributed by atoms with E-state index in [1.54, 1.807) is 18.2 Å². The SMILES string of the molecule is CC(=O)Nc1n[nH]c(C(=O)Nc2ccc3c(c2)CN(C2CCC(=O)NC2=O)C3=O)c1Br. The van der Waals surface area contributed by atoms with Crippen molar-refractivity contribution in [3.8, 4) is 0 Å². The smallest absolute Gasteiger partial charge is 0.274 e. The Kier molecular flexibility index (Phi) is 5.31. The van der Waals surface area contributed by atoms with Gasteiger partial charge in [0.25, 0.3) is 11.8 Å². The molecule has 0 bridgehead atoms. The predicted octanol–water partition coefficient (Wildman–Crippen LogP) is 1.14. The molecular formula is C19H17BrN6O5. The third-order valence-corrected chi connectivity index (χ3v) is 5.78. The van der Waals surface area contributed by atoms with Crippen LogP contribution in [0.25, 0.3) is 0 Å². The first-order valence-electron chi connectivity index (χ1n) is 9.35. The van der Waals surface area contributed by atoms with E-state index in [1.165, 1.54) is 11.8 Å². The van der Waals surface area contributed by atoms with E-state index in [0.29, 0.717) is 21.3 Å². The number of imide groups is 1. The Morgan fingerprint density at radius 1 is 1.23 bits per heavy atom. The van der Waals surface area contributed by atoms with Crippen LogP contribution in [-0.4, -0.2) is 50.7 Å². The largest absolute Gasteiger partial charge is 0.322 e. The van der Waals surface area contributed by atoms with Crippen LogP contribution in [0.2, 0.25) is 0 Å². The van der Waals surface area contributed by atoms with E-state index in [9.17, 15) is 24.0 Å². The minimum Gasteiger partial charge on any atom is -0.322 e. The Balaban J connectivity index is 1.49. The number of rotatable bonds is 4. The number of halogens is 1. The summed E-state index contributed by atoms with van der Waals surface area (Å²) in [7, 11) is 0. The Morgan fingerprint density at radius 3 is 2.71 bits per heavy atom. The van der Waals surface area contributed by atoms with Gasteiger partial charge in [-0.1, -0.05) is 0 Å². The van der Waals surface area contributed by atoms with Crippen LogP contribution < -0.4 is 16.0 Å². The van der Waals surface area contributed by atoms with Crippen molar-refractivity contribution in [3.05, 3.63) is 39.5 Å². The molecule has 5 amide bonds. The third-order valence-electron chi connectivity index (χ3n) is 5.01. The second-order valence-electron chi connectivity index (χ2n) is 7.17. The Hall–Kier alpha value is -3.54. The molecule has 0 radical (unpaired) electrons. The van der Waals surface area contributed by atoms with Crippen LogP contribution in [0.3, 0.4) is 0 Å². The van der Waals surface area contributed by atoms with Gasteiger partial charge in [-0.05, 0) is 46.1 Å². The number of hydrogen-bond acceptors (Lipinski definition) is 6. The highest BCUT2D eigenvalue weighted by molar-refractivity contribution is 9.10. The van der Waals surface area contributed by atoms with Gasteiger partial charge in [-0.15, -0.1) is 0 Å². The topological polar surface area (TPSA) is 153 Å². The molecule has 1 unspecified atom stereocenters. The predicted molar refractivity (Wildman–Crippen MR) is 111 cm³/mol. The number of anilines is 2. The summed E-state index contributed by atoms with van der Waals surface area (Å²) in [6.45, 7) is 1.52. The molecule has 160 valence electrons. The molecule has 1 atom stereocenters. The second-order valence-corrected chi connectivity index (χ2v) is 7.96. The Labute approximate surface area is 184 Å². The molecular weight excluding hydrogens is 472 g/mol. The number of aromatic amines is 1. The molecule has 12 heteroatoms. The van der Waals surface area contributed by atoms with E-state index in [1.807, 2.05) is 0 Å². The van der Waals surface area contributed by atoms with Gasteiger partial charge in [0.05, 0.1) is 4.47 Å². The fourth-order valence-electron chi connectivity index (χ4n) is 3.57. The van der Waals surface area contributed by atoms with Gasteiger partial charge in [0, 0.05) is 31.1 Å². The summed E-state index contributed by atoms with van der Waals surface area (Å²) in [6.07, 6.45) is 0.454. The second kappa shape index (κ2) is 7.95. The first-order valence-corrected chi connectivity index (χ1v) is 10.1. The van der Waals surface area contributed by atoms with Gasteiger partial charge in [0.15, 0.2) is 5.82 Å². The van der Waals surface area contributed by atoms with Gasteiger partial charge in [-0.3, -0.25) is 34.4 Å². The number of nitrogens with zero attached hydrogens (tertiary/aromatic N) is 2. The molecule has 1 saturated heterocycles. The van der Waals surface area contributed by atoms with Crippen molar-refractivity contribution >= 4 is 57.0 Å². The van der Waals surface area contributed by atoms with E-state index in [4.69, 9.17) is 0 Å². The molecule has 2 aliphatic heterocycles. The lowest BCUT2D eigenvalue weighted by Gasteiger charge is -2.29. The van der Waals surface area contributed by atoms with Crippen LogP contribution in [0.5, 0.6) is 0 Å². The van der Waals surface area contributed by atoms with E-state index in [2.05, 4.69) is 42.1 Å². The summed E-state index contributed by atoms with van der Waals surface area (Å²) in [5, 5.41) is 13.9. The van der Waals surface area contributed by atoms with Gasteiger partial charge in [0.1, 0.15) is 11.7 Å². The summed E-state index contributed by atoms with van der Waals surface area (Å²) < 4.78 is 0.306. The molecule has 1 aromatic heterocycles. The Bertz CT molecular complexity index is 1140. The summed E-state index contributed by atoms with van der Waals surface area (Å²) in [5.74, 6) is -1.76. The van der Waals surface area contributed by atoms with Crippen LogP contribution in [0.15, 0.2) is 22.7 Å². The first kappa shape index (κ1) is 20.7. The maximum absolute atomic E-state index is 12.7. The van der Waals surface area contributed by atoms with E-state index in [0.717, 1.165) is 0 Å². The number of fused-ring (bicyclic) bond motifs is 1. The van der Waals surface area contributed by atoms with Crippen molar-refractivity contribution in [2.45, 2.75) is 32.4 Å². The molecule has 1 fully saturated rings. The average Bonchev–Trinajstić information content (AvgIpc) is 3.21. The van der Waals surface area contributed by atoms with Crippen molar-refractivity contribution in [1.29, 1.82) is 0 Å². The lowest BCUT2D eigenvalue weighted by Crippen LogP contribution is -2.52. The number of nitrogens with one attached hydrogen (secondary N) is 4. The minimum absolute atomic E-state index is 0.116. The van der Waals surface area contributed by atoms with Crippen LogP contribution in [0.4, 0.5) is 11.5 Å². The average molecular weight is 489 g/mol. The number of H-pyrrole nitrogens is 1. The zero-order valence-corrected chi connectivity index (χ0v) is 17.8. The van der Waals surface area contributed by atoms with Crippen LogP contribution in [0, 0.1) is 0 Å². The molecule has 2 aromatic rings. The van der Waals surface area contributed by atoms with Gasteiger partial charge in [0.2, 0.25) is 17.7 Å². The quantitative estimate of drug-likeness (QED) is 0.473. The molecule has 11 nitrogen and oxygen atoms in total. The normalized spacial score (nSPS) is 17.9. The van der Waals surface area contributed by atoms with Crippen molar-refractivity contribution < 1.29 is 24.0 Å². The molecule has 4 N–H and O–H groups in total. The highest BCUT2D eigenvalue weighted by Crippen LogP contribution is 2.30. The number of benzene rings is 1. The van der Waals surface area contributed by atoms with E-state index < -0.39 is 17.9 Å². The molecule has 0 spiro atoms. The van der Waals surface area contributed by atoms with Crippen molar-refractivity contribution in [2.24, 2.45) is 0 Å². The van der Waals surface area contributed by atoms with Crippen LogP contribution in [-0.2, 0) is 20.9 Å². The highest BCUT2D eigenvalue weighted by Gasteiger charge is 2.39. The first-order chi connectivity index (χ1) is 14.7. The van der Waals surface area contributed by atoms with Crippen molar-refractivity contribution in [1.82, 2.24) is 20.4 Å². The monoisotopic (exact) mass is 488 g/mol. The van der Waals surface area contributed by atoms with Gasteiger partial charge in [-0.2, -0.15) is 5.10 Å². The van der Waals surface area contributed by atoms with Gasteiger partial charge in [-0.25, -0.2) is 0 Å². The van der Waals surface area contributed by atoms with Crippen molar-refractivity contribution in [2.75, 3.05) is 10.6 Å². The lowest BCUT2D eigenvalue weighted by atomic mass is 10.0. The number of aromatic nitrogens is 2. The summed E-state index contributed by atoms with van der Waals surface area (Å²) in [6, 6.07) is 4.13. The number of hydrogen-bond donors (Lipinski definition) is 4. The zero-order valence-electron chi connectivity index (χ0n) is 16.2. The van der Waals surface area contributed by atoms with E-state index in [-0.39, 0.29) is 48.6 Å². The molecule has 31 heavy (non-hydrogen) atoms. The number of piperidine rings is 1. The maximum Gasteiger partial charge on any atom is 0.274 e. The van der Waals surface area contributed by atoms with Crippen LogP contribution >= 0.6 is 15.9 Å².